The van der Waals surface area contributed by atoms with E-state index in [1.165, 1.54) is 11.6 Å². The second kappa shape index (κ2) is 10.2. The van der Waals surface area contributed by atoms with Crippen molar-refractivity contribution in [2.45, 2.75) is 27.6 Å². The summed E-state index contributed by atoms with van der Waals surface area (Å²) >= 11 is 9.06. The lowest BCUT2D eigenvalue weighted by atomic mass is 10.0. The average molecular weight is 518 g/mol. The standard InChI is InChI=1S/C27H20ClN3O2S2/c1-16-7-10-20(11-8-16)34-15-19-14-23(32)31-27(29-19)35-25-24(17-5-3-2-4-6-17)21-13-18(28)9-12-22(21)30-26(25)33/h2-14H,15H2,1H3,(H,30,33)(H,29,31,32). The van der Waals surface area contributed by atoms with E-state index in [9.17, 15) is 9.59 Å². The van der Waals surface area contributed by atoms with Gasteiger partial charge in [-0.25, -0.2) is 4.98 Å². The molecule has 5 aromatic rings. The molecule has 0 saturated carbocycles. The van der Waals surface area contributed by atoms with Gasteiger partial charge in [0.25, 0.3) is 11.1 Å². The number of hydrogen-bond acceptors (Lipinski definition) is 5. The zero-order valence-corrected chi connectivity index (χ0v) is 21.1. The molecule has 5 rings (SSSR count). The minimum Gasteiger partial charge on any atom is -0.321 e. The Morgan fingerprint density at radius 1 is 0.914 bits per heavy atom. The van der Waals surface area contributed by atoms with Crippen LogP contribution in [0, 0.1) is 6.92 Å². The van der Waals surface area contributed by atoms with Crippen LogP contribution in [0.25, 0.3) is 22.0 Å². The Morgan fingerprint density at radius 3 is 2.46 bits per heavy atom. The molecule has 5 nitrogen and oxygen atoms in total. The van der Waals surface area contributed by atoms with E-state index < -0.39 is 0 Å². The Morgan fingerprint density at radius 2 is 1.69 bits per heavy atom. The number of nitrogens with one attached hydrogen (secondary N) is 2. The predicted molar refractivity (Wildman–Crippen MR) is 145 cm³/mol. The monoisotopic (exact) mass is 517 g/mol. The zero-order chi connectivity index (χ0) is 24.4. The molecule has 2 heterocycles. The summed E-state index contributed by atoms with van der Waals surface area (Å²) in [7, 11) is 0. The van der Waals surface area contributed by atoms with Gasteiger partial charge in [-0.1, -0.05) is 59.6 Å². The van der Waals surface area contributed by atoms with Crippen LogP contribution in [0.5, 0.6) is 0 Å². The molecule has 0 fully saturated rings. The van der Waals surface area contributed by atoms with Crippen molar-refractivity contribution in [3.8, 4) is 11.1 Å². The van der Waals surface area contributed by atoms with Crippen molar-refractivity contribution in [2.24, 2.45) is 0 Å². The summed E-state index contributed by atoms with van der Waals surface area (Å²) in [5.41, 5.74) is 3.63. The van der Waals surface area contributed by atoms with E-state index in [4.69, 9.17) is 11.6 Å². The highest BCUT2D eigenvalue weighted by Crippen LogP contribution is 2.37. The fourth-order valence-corrected chi connectivity index (χ4v) is 5.67. The number of benzene rings is 3. The minimum atomic E-state index is -0.261. The van der Waals surface area contributed by atoms with Gasteiger partial charge < -0.3 is 9.97 Å². The van der Waals surface area contributed by atoms with Crippen LogP contribution in [0.1, 0.15) is 11.3 Å². The van der Waals surface area contributed by atoms with Gasteiger partial charge in [-0.05, 0) is 54.6 Å². The number of halogens is 1. The van der Waals surface area contributed by atoms with Gasteiger partial charge in [0.05, 0.1) is 10.6 Å². The molecule has 0 aliphatic heterocycles. The van der Waals surface area contributed by atoms with E-state index in [0.717, 1.165) is 33.2 Å². The maximum absolute atomic E-state index is 13.2. The quantitative estimate of drug-likeness (QED) is 0.194. The number of aromatic amines is 2. The fourth-order valence-electron chi connectivity index (χ4n) is 3.73. The number of rotatable bonds is 6. The molecule has 0 unspecified atom stereocenters. The third-order valence-corrected chi connectivity index (χ3v) is 7.64. The number of nitrogens with zero attached hydrogens (tertiary/aromatic N) is 1. The average Bonchev–Trinajstić information content (AvgIpc) is 2.85. The minimum absolute atomic E-state index is 0.259. The number of aryl methyl sites for hydroxylation is 1. The van der Waals surface area contributed by atoms with Crippen LogP contribution in [0.15, 0.2) is 103 Å². The first-order chi connectivity index (χ1) is 17.0. The molecule has 0 atom stereocenters. The zero-order valence-electron chi connectivity index (χ0n) is 18.7. The highest BCUT2D eigenvalue weighted by Gasteiger charge is 2.18. The Hall–Kier alpha value is -3.26. The lowest BCUT2D eigenvalue weighted by Gasteiger charge is -2.13. The first kappa shape index (κ1) is 23.5. The first-order valence-electron chi connectivity index (χ1n) is 10.8. The van der Waals surface area contributed by atoms with Gasteiger partial charge in [0, 0.05) is 38.2 Å². The van der Waals surface area contributed by atoms with Gasteiger partial charge in [-0.3, -0.25) is 9.59 Å². The van der Waals surface area contributed by atoms with Crippen molar-refractivity contribution in [3.05, 3.63) is 116 Å². The lowest BCUT2D eigenvalue weighted by Crippen LogP contribution is -2.13. The molecule has 0 saturated heterocycles. The Balaban J connectivity index is 1.55. The SMILES string of the molecule is Cc1ccc(SCc2cc(=O)[nH]c(Sc3c(-c4ccccc4)c4cc(Cl)ccc4[nH]c3=O)n2)cc1. The van der Waals surface area contributed by atoms with Crippen molar-refractivity contribution < 1.29 is 0 Å². The fraction of sp³-hybridized carbons (Fsp3) is 0.0741. The largest absolute Gasteiger partial charge is 0.321 e. The van der Waals surface area contributed by atoms with Gasteiger partial charge in [0.1, 0.15) is 0 Å². The van der Waals surface area contributed by atoms with E-state index in [0.29, 0.717) is 32.0 Å². The molecular weight excluding hydrogens is 498 g/mol. The highest BCUT2D eigenvalue weighted by molar-refractivity contribution is 7.99. The first-order valence-corrected chi connectivity index (χ1v) is 13.0. The van der Waals surface area contributed by atoms with E-state index in [-0.39, 0.29) is 11.1 Å². The van der Waals surface area contributed by atoms with E-state index in [1.807, 2.05) is 43.3 Å². The maximum atomic E-state index is 13.2. The summed E-state index contributed by atoms with van der Waals surface area (Å²) in [6.07, 6.45) is 0. The lowest BCUT2D eigenvalue weighted by molar-refractivity contribution is 0.899. The Labute approximate surface area is 215 Å². The smallest absolute Gasteiger partial charge is 0.263 e. The summed E-state index contributed by atoms with van der Waals surface area (Å²) in [5, 5.41) is 1.75. The summed E-state index contributed by atoms with van der Waals surface area (Å²) in [6.45, 7) is 2.04. The second-order valence-corrected chi connectivity index (χ2v) is 10.4. The van der Waals surface area contributed by atoms with Crippen LogP contribution in [-0.2, 0) is 5.75 Å². The molecule has 0 radical (unpaired) electrons. The maximum Gasteiger partial charge on any atom is 0.263 e. The van der Waals surface area contributed by atoms with Crippen LogP contribution in [0.3, 0.4) is 0 Å². The summed E-state index contributed by atoms with van der Waals surface area (Å²) in [6, 6.07) is 24.7. The summed E-state index contributed by atoms with van der Waals surface area (Å²) in [4.78, 5) is 37.5. The number of H-pyrrole nitrogens is 2. The number of hydrogen-bond donors (Lipinski definition) is 2. The second-order valence-electron chi connectivity index (χ2n) is 7.96. The van der Waals surface area contributed by atoms with Crippen LogP contribution in [0.4, 0.5) is 0 Å². The van der Waals surface area contributed by atoms with Crippen molar-refractivity contribution >= 4 is 46.0 Å². The van der Waals surface area contributed by atoms with Gasteiger partial charge in [0.2, 0.25) is 0 Å². The van der Waals surface area contributed by atoms with E-state index >= 15 is 0 Å². The molecule has 8 heteroatoms. The Bertz CT molecular complexity index is 1630. The highest BCUT2D eigenvalue weighted by atomic mass is 35.5. The van der Waals surface area contributed by atoms with Crippen molar-refractivity contribution in [1.82, 2.24) is 15.0 Å². The molecule has 174 valence electrons. The van der Waals surface area contributed by atoms with E-state index in [1.54, 1.807) is 23.9 Å². The molecule has 0 spiro atoms. The predicted octanol–water partition coefficient (Wildman–Crippen LogP) is 6.68. The van der Waals surface area contributed by atoms with Gasteiger partial charge in [-0.15, -0.1) is 11.8 Å². The third kappa shape index (κ3) is 5.37. The molecule has 35 heavy (non-hydrogen) atoms. The number of aromatic nitrogens is 3. The topological polar surface area (TPSA) is 78.6 Å². The van der Waals surface area contributed by atoms with Crippen molar-refractivity contribution in [1.29, 1.82) is 0 Å². The third-order valence-electron chi connectivity index (χ3n) is 5.37. The van der Waals surface area contributed by atoms with Gasteiger partial charge in [-0.2, -0.15) is 0 Å². The van der Waals surface area contributed by atoms with Crippen LogP contribution in [0.2, 0.25) is 5.02 Å². The molecule has 0 aliphatic rings. The molecule has 0 bridgehead atoms. The van der Waals surface area contributed by atoms with Gasteiger partial charge >= 0.3 is 0 Å². The van der Waals surface area contributed by atoms with Gasteiger partial charge in [0.15, 0.2) is 5.16 Å². The number of pyridine rings is 1. The van der Waals surface area contributed by atoms with E-state index in [2.05, 4.69) is 39.2 Å². The molecule has 2 aromatic heterocycles. The summed E-state index contributed by atoms with van der Waals surface area (Å²) < 4.78 is 0. The molecule has 0 amide bonds. The van der Waals surface area contributed by atoms with Crippen molar-refractivity contribution in [2.75, 3.05) is 0 Å². The van der Waals surface area contributed by atoms with Crippen LogP contribution < -0.4 is 11.1 Å². The van der Waals surface area contributed by atoms with Crippen molar-refractivity contribution in [3.63, 3.8) is 0 Å². The Kier molecular flexibility index (Phi) is 6.81. The molecule has 3 aromatic carbocycles. The van der Waals surface area contributed by atoms with Crippen LogP contribution >= 0.6 is 35.1 Å². The normalized spacial score (nSPS) is 11.1. The molecule has 0 aliphatic carbocycles. The number of thioether (sulfide) groups is 1. The number of fused-ring (bicyclic) bond motifs is 1. The summed E-state index contributed by atoms with van der Waals surface area (Å²) in [5.74, 6) is 0.537. The molecule has 2 N–H and O–H groups in total. The molecular formula is C27H20ClN3O2S2. The van der Waals surface area contributed by atoms with Crippen LogP contribution in [-0.4, -0.2) is 15.0 Å².